The zero-order chi connectivity index (χ0) is 14.0. The van der Waals surface area contributed by atoms with Gasteiger partial charge in [0.1, 0.15) is 5.82 Å². The molecule has 0 fully saturated rings. The average molecular weight is 260 g/mol. The first-order chi connectivity index (χ1) is 8.99. The van der Waals surface area contributed by atoms with Gasteiger partial charge in [-0.1, -0.05) is 24.3 Å². The van der Waals surface area contributed by atoms with Gasteiger partial charge in [-0.25, -0.2) is 4.98 Å². The maximum Gasteiger partial charge on any atom is 0.137 e. The molecule has 0 bridgehead atoms. The van der Waals surface area contributed by atoms with Crippen LogP contribution in [0, 0.1) is 0 Å². The Hall–Kier alpha value is -1.65. The summed E-state index contributed by atoms with van der Waals surface area (Å²) in [6, 6.07) is 9.82. The topological polar surface area (TPSA) is 56.6 Å². The number of nitrogens with zero attached hydrogens (tertiary/aromatic N) is 2. The van der Waals surface area contributed by atoms with Gasteiger partial charge in [0, 0.05) is 12.4 Å². The van der Waals surface area contributed by atoms with Gasteiger partial charge in [0.05, 0.1) is 24.4 Å². The fourth-order valence-electron chi connectivity index (χ4n) is 1.96. The van der Waals surface area contributed by atoms with Crippen molar-refractivity contribution in [2.75, 3.05) is 18.6 Å². The summed E-state index contributed by atoms with van der Waals surface area (Å²) in [7, 11) is 1.91. The van der Waals surface area contributed by atoms with Crippen molar-refractivity contribution >= 4 is 16.6 Å². The van der Waals surface area contributed by atoms with E-state index in [0.29, 0.717) is 5.69 Å². The number of anilines is 1. The van der Waals surface area contributed by atoms with Crippen molar-refractivity contribution in [3.8, 4) is 0 Å². The lowest BCUT2D eigenvalue weighted by molar-refractivity contribution is 0.215. The molecule has 4 nitrogen and oxygen atoms in total. The normalized spacial score (nSPS) is 11.8. The highest BCUT2D eigenvalue weighted by Gasteiger charge is 2.25. The van der Waals surface area contributed by atoms with Gasteiger partial charge in [0.15, 0.2) is 0 Å². The fraction of sp³-hybridized carbons (Fsp3) is 0.400. The Kier molecular flexibility index (Phi) is 3.73. The van der Waals surface area contributed by atoms with Crippen LogP contribution in [0.15, 0.2) is 30.3 Å². The zero-order valence-corrected chi connectivity index (χ0v) is 11.6. The number of aliphatic hydroxyl groups excluding tert-OH is 2. The second-order valence-electron chi connectivity index (χ2n) is 5.35. The molecule has 0 saturated carbocycles. The van der Waals surface area contributed by atoms with Gasteiger partial charge in [-0.05, 0) is 25.3 Å². The highest BCUT2D eigenvalue weighted by atomic mass is 16.3. The van der Waals surface area contributed by atoms with Crippen molar-refractivity contribution in [2.45, 2.75) is 26.0 Å². The third kappa shape index (κ3) is 2.55. The largest absolute Gasteiger partial charge is 0.394 e. The molecule has 102 valence electrons. The van der Waals surface area contributed by atoms with E-state index in [4.69, 9.17) is 0 Å². The van der Waals surface area contributed by atoms with Gasteiger partial charge in [0.25, 0.3) is 0 Å². The molecule has 0 aliphatic rings. The van der Waals surface area contributed by atoms with Crippen molar-refractivity contribution < 1.29 is 10.2 Å². The Labute approximate surface area is 113 Å². The van der Waals surface area contributed by atoms with E-state index in [9.17, 15) is 10.2 Å². The molecule has 0 aliphatic carbocycles. The summed E-state index contributed by atoms with van der Waals surface area (Å²) in [5, 5.41) is 20.9. The summed E-state index contributed by atoms with van der Waals surface area (Å²) < 4.78 is 0. The van der Waals surface area contributed by atoms with Crippen molar-refractivity contribution in [1.82, 2.24) is 4.98 Å². The minimum absolute atomic E-state index is 0.0306. The first-order valence-corrected chi connectivity index (χ1v) is 6.34. The van der Waals surface area contributed by atoms with E-state index in [-0.39, 0.29) is 13.2 Å². The third-order valence-corrected chi connectivity index (χ3v) is 3.55. The number of hydrogen-bond donors (Lipinski definition) is 2. The highest BCUT2D eigenvalue weighted by Crippen LogP contribution is 2.29. The molecule has 0 aliphatic heterocycles. The van der Waals surface area contributed by atoms with Gasteiger partial charge in [-0.15, -0.1) is 0 Å². The van der Waals surface area contributed by atoms with Crippen LogP contribution in [0.5, 0.6) is 0 Å². The van der Waals surface area contributed by atoms with E-state index in [1.165, 1.54) is 0 Å². The maximum absolute atomic E-state index is 9.51. The van der Waals surface area contributed by atoms with E-state index in [1.807, 2.05) is 56.1 Å². The van der Waals surface area contributed by atoms with Crippen LogP contribution in [0.2, 0.25) is 0 Å². The molecular weight excluding hydrogens is 240 g/mol. The second kappa shape index (κ2) is 5.15. The molecule has 4 heteroatoms. The van der Waals surface area contributed by atoms with Crippen molar-refractivity contribution in [3.63, 3.8) is 0 Å². The van der Waals surface area contributed by atoms with Crippen LogP contribution in [-0.2, 0) is 6.61 Å². The van der Waals surface area contributed by atoms with E-state index in [2.05, 4.69) is 4.98 Å². The van der Waals surface area contributed by atoms with E-state index < -0.39 is 5.54 Å². The Morgan fingerprint density at radius 2 is 1.89 bits per heavy atom. The molecule has 19 heavy (non-hydrogen) atoms. The molecule has 0 unspecified atom stereocenters. The molecular formula is C15H20N2O2. The quantitative estimate of drug-likeness (QED) is 0.882. The van der Waals surface area contributed by atoms with Crippen LogP contribution in [0.25, 0.3) is 10.8 Å². The second-order valence-corrected chi connectivity index (χ2v) is 5.35. The van der Waals surface area contributed by atoms with Gasteiger partial charge >= 0.3 is 0 Å². The van der Waals surface area contributed by atoms with Gasteiger partial charge in [-0.2, -0.15) is 0 Å². The van der Waals surface area contributed by atoms with Gasteiger partial charge < -0.3 is 15.1 Å². The van der Waals surface area contributed by atoms with Crippen LogP contribution in [-0.4, -0.2) is 34.4 Å². The van der Waals surface area contributed by atoms with Crippen LogP contribution in [0.3, 0.4) is 0 Å². The zero-order valence-electron chi connectivity index (χ0n) is 11.6. The molecule has 1 aromatic carbocycles. The Morgan fingerprint density at radius 1 is 1.21 bits per heavy atom. The van der Waals surface area contributed by atoms with E-state index >= 15 is 0 Å². The number of benzene rings is 1. The number of hydrogen-bond acceptors (Lipinski definition) is 4. The molecule has 0 saturated heterocycles. The minimum Gasteiger partial charge on any atom is -0.394 e. The summed E-state index contributed by atoms with van der Waals surface area (Å²) in [6.45, 7) is 3.85. The van der Waals surface area contributed by atoms with Crippen LogP contribution in [0.4, 0.5) is 5.82 Å². The van der Waals surface area contributed by atoms with Gasteiger partial charge in [-0.3, -0.25) is 0 Å². The number of likely N-dealkylation sites (N-methyl/N-ethyl adjacent to an activating group) is 1. The third-order valence-electron chi connectivity index (χ3n) is 3.55. The molecule has 2 N–H and O–H groups in total. The number of pyridine rings is 1. The molecule has 2 rings (SSSR count). The van der Waals surface area contributed by atoms with E-state index in [1.54, 1.807) is 0 Å². The first kappa shape index (κ1) is 13.8. The van der Waals surface area contributed by atoms with Gasteiger partial charge in [0.2, 0.25) is 0 Å². The Bertz CT molecular complexity index is 581. The maximum atomic E-state index is 9.51. The van der Waals surface area contributed by atoms with Crippen molar-refractivity contribution in [3.05, 3.63) is 36.0 Å². The lowest BCUT2D eigenvalue weighted by atomic mass is 10.0. The summed E-state index contributed by atoms with van der Waals surface area (Å²) in [4.78, 5) is 6.45. The number of aliphatic hydroxyl groups is 2. The summed E-state index contributed by atoms with van der Waals surface area (Å²) in [5.41, 5.74) is 0.221. The highest BCUT2D eigenvalue weighted by molar-refractivity contribution is 5.92. The smallest absolute Gasteiger partial charge is 0.137 e. The predicted octanol–water partition coefficient (Wildman–Crippen LogP) is 1.93. The molecule has 1 aromatic heterocycles. The number of fused-ring (bicyclic) bond motifs is 1. The lowest BCUT2D eigenvalue weighted by Gasteiger charge is -2.35. The molecule has 2 aromatic rings. The lowest BCUT2D eigenvalue weighted by Crippen LogP contribution is -2.45. The Morgan fingerprint density at radius 3 is 2.53 bits per heavy atom. The average Bonchev–Trinajstić information content (AvgIpc) is 2.45. The standard InChI is InChI=1S/C15H20N2O2/c1-15(2,10-19)17(3)14-13-7-5-4-6-11(13)8-12(9-18)16-14/h4-8,18-19H,9-10H2,1-3H3. The summed E-state index contributed by atoms with van der Waals surface area (Å²) >= 11 is 0. The first-order valence-electron chi connectivity index (χ1n) is 6.34. The fourth-order valence-corrected chi connectivity index (χ4v) is 1.96. The van der Waals surface area contributed by atoms with Crippen molar-refractivity contribution in [2.24, 2.45) is 0 Å². The summed E-state index contributed by atoms with van der Waals surface area (Å²) in [6.07, 6.45) is 0. The molecule has 1 heterocycles. The molecule has 0 spiro atoms. The number of rotatable bonds is 4. The number of aromatic nitrogens is 1. The van der Waals surface area contributed by atoms with Crippen molar-refractivity contribution in [1.29, 1.82) is 0 Å². The monoisotopic (exact) mass is 260 g/mol. The SMILES string of the molecule is CN(c1nc(CO)cc2ccccc12)C(C)(C)CO. The minimum atomic E-state index is -0.413. The van der Waals surface area contributed by atoms with Crippen LogP contribution < -0.4 is 4.90 Å². The molecule has 0 atom stereocenters. The van der Waals surface area contributed by atoms with Crippen LogP contribution in [0.1, 0.15) is 19.5 Å². The van der Waals surface area contributed by atoms with Crippen LogP contribution >= 0.6 is 0 Å². The molecule has 0 radical (unpaired) electrons. The Balaban J connectivity index is 2.64. The predicted molar refractivity (Wildman–Crippen MR) is 77.2 cm³/mol. The molecule has 0 amide bonds. The van der Waals surface area contributed by atoms with E-state index in [0.717, 1.165) is 16.6 Å². The summed E-state index contributed by atoms with van der Waals surface area (Å²) in [5.74, 6) is 0.779.